The van der Waals surface area contributed by atoms with Gasteiger partial charge in [-0.25, -0.2) is 14.3 Å². The van der Waals surface area contributed by atoms with Crippen LogP contribution in [0.4, 0.5) is 10.1 Å². The maximum absolute atomic E-state index is 14.1. The summed E-state index contributed by atoms with van der Waals surface area (Å²) in [7, 11) is 0. The predicted molar refractivity (Wildman–Crippen MR) is 131 cm³/mol. The average molecular weight is 473 g/mol. The number of hydrogen-bond acceptors (Lipinski definition) is 5. The lowest BCUT2D eigenvalue weighted by Gasteiger charge is -2.25. The highest BCUT2D eigenvalue weighted by Crippen LogP contribution is 2.35. The number of amidine groups is 2. The van der Waals surface area contributed by atoms with Gasteiger partial charge in [0.2, 0.25) is 5.91 Å². The van der Waals surface area contributed by atoms with E-state index in [9.17, 15) is 14.0 Å². The zero-order chi connectivity index (χ0) is 23.5. The van der Waals surface area contributed by atoms with Gasteiger partial charge in [-0.1, -0.05) is 72.4 Å². The molecule has 3 aromatic rings. The van der Waals surface area contributed by atoms with Crippen molar-refractivity contribution in [3.05, 3.63) is 101 Å². The quantitative estimate of drug-likeness (QED) is 0.577. The molecule has 2 aliphatic heterocycles. The van der Waals surface area contributed by atoms with Crippen molar-refractivity contribution in [2.24, 2.45) is 9.98 Å². The van der Waals surface area contributed by atoms with E-state index in [0.29, 0.717) is 34.6 Å². The first-order chi connectivity index (χ1) is 16.6. The topological polar surface area (TPSA) is 74.1 Å². The fraction of sp³-hybridized carbons (Fsp3) is 0.154. The van der Waals surface area contributed by atoms with Crippen molar-refractivity contribution < 1.29 is 14.0 Å². The molecule has 1 N–H and O–H groups in total. The van der Waals surface area contributed by atoms with Crippen LogP contribution in [0.5, 0.6) is 0 Å². The van der Waals surface area contributed by atoms with E-state index in [2.05, 4.69) is 15.3 Å². The Hall–Kier alpha value is -3.78. The van der Waals surface area contributed by atoms with Crippen molar-refractivity contribution >= 4 is 40.3 Å². The highest BCUT2D eigenvalue weighted by atomic mass is 32.2. The summed E-state index contributed by atoms with van der Waals surface area (Å²) >= 11 is 1.27. The first-order valence-corrected chi connectivity index (χ1v) is 11.9. The summed E-state index contributed by atoms with van der Waals surface area (Å²) < 4.78 is 14.1. The van der Waals surface area contributed by atoms with Gasteiger partial charge in [0.15, 0.2) is 5.17 Å². The van der Waals surface area contributed by atoms with Crippen molar-refractivity contribution in [1.82, 2.24) is 10.2 Å². The third-order valence-electron chi connectivity index (χ3n) is 5.57. The van der Waals surface area contributed by atoms with E-state index in [-0.39, 0.29) is 24.1 Å². The zero-order valence-electron chi connectivity index (χ0n) is 18.1. The van der Waals surface area contributed by atoms with Crippen LogP contribution in [0, 0.1) is 5.82 Å². The van der Waals surface area contributed by atoms with Gasteiger partial charge in [0.1, 0.15) is 17.7 Å². The maximum Gasteiger partial charge on any atom is 0.259 e. The number of nitrogens with one attached hydrogen (secondary N) is 1. The van der Waals surface area contributed by atoms with Crippen molar-refractivity contribution in [3.63, 3.8) is 0 Å². The van der Waals surface area contributed by atoms with Crippen molar-refractivity contribution in [3.8, 4) is 0 Å². The number of nitrogens with zero attached hydrogens (tertiary/aromatic N) is 3. The van der Waals surface area contributed by atoms with Crippen molar-refractivity contribution in [2.45, 2.75) is 24.8 Å². The van der Waals surface area contributed by atoms with E-state index < -0.39 is 6.04 Å². The van der Waals surface area contributed by atoms with E-state index in [1.54, 1.807) is 18.2 Å². The molecule has 8 heteroatoms. The van der Waals surface area contributed by atoms with E-state index >= 15 is 0 Å². The number of thioether (sulfide) groups is 1. The normalized spacial score (nSPS) is 16.4. The molecule has 6 nitrogen and oxygen atoms in total. The first kappa shape index (κ1) is 22.0. The fourth-order valence-electron chi connectivity index (χ4n) is 3.83. The van der Waals surface area contributed by atoms with Crippen LogP contribution in [-0.2, 0) is 21.9 Å². The maximum atomic E-state index is 14.1. The number of para-hydroxylation sites is 1. The van der Waals surface area contributed by atoms with Crippen LogP contribution in [0.2, 0.25) is 0 Å². The Morgan fingerprint density at radius 2 is 1.74 bits per heavy atom. The van der Waals surface area contributed by atoms with Crippen LogP contribution < -0.4 is 5.32 Å². The number of carbonyl (C=O) groups excluding carboxylic acids is 2. The second-order valence-corrected chi connectivity index (χ2v) is 8.84. The Morgan fingerprint density at radius 1 is 1.00 bits per heavy atom. The first-order valence-electron chi connectivity index (χ1n) is 10.9. The molecule has 5 rings (SSSR count). The van der Waals surface area contributed by atoms with Crippen LogP contribution in [0.15, 0.2) is 88.8 Å². The van der Waals surface area contributed by atoms with Crippen LogP contribution >= 0.6 is 11.8 Å². The van der Waals surface area contributed by atoms with Gasteiger partial charge >= 0.3 is 0 Å². The molecule has 0 aliphatic carbocycles. The summed E-state index contributed by atoms with van der Waals surface area (Å²) in [4.78, 5) is 36.6. The Kier molecular flexibility index (Phi) is 6.22. The molecule has 0 radical (unpaired) electrons. The third kappa shape index (κ3) is 4.49. The summed E-state index contributed by atoms with van der Waals surface area (Å²) in [6.07, 6.45) is -0.0565. The van der Waals surface area contributed by atoms with Gasteiger partial charge in [0.05, 0.1) is 12.1 Å². The standard InChI is InChI=1S/C26H21FN4O2S/c27-20-12-6-4-10-18(20)16-34-26-30-21-13-7-5-11-19(21)24-29-22(25(33)31(24)26)14-23(32)28-15-17-8-2-1-3-9-17/h1-13,22H,14-16H2,(H,28,32)/t22-/m0/s1. The van der Waals surface area contributed by atoms with Crippen LogP contribution in [-0.4, -0.2) is 33.8 Å². The molecule has 2 heterocycles. The van der Waals surface area contributed by atoms with E-state index in [4.69, 9.17) is 0 Å². The van der Waals surface area contributed by atoms with Gasteiger partial charge in [-0.05, 0) is 29.3 Å². The van der Waals surface area contributed by atoms with Gasteiger partial charge in [-0.3, -0.25) is 14.6 Å². The average Bonchev–Trinajstić information content (AvgIpc) is 3.19. The Labute approximate surface area is 200 Å². The van der Waals surface area contributed by atoms with Crippen LogP contribution in [0.3, 0.4) is 0 Å². The number of hydrogen-bond donors (Lipinski definition) is 1. The molecule has 2 aliphatic rings. The van der Waals surface area contributed by atoms with Gasteiger partial charge in [-0.15, -0.1) is 0 Å². The molecule has 2 amide bonds. The highest BCUT2D eigenvalue weighted by molar-refractivity contribution is 8.13. The number of aliphatic imine (C=N–C) groups is 2. The Morgan fingerprint density at radius 3 is 2.56 bits per heavy atom. The number of benzene rings is 3. The highest BCUT2D eigenvalue weighted by Gasteiger charge is 2.42. The third-order valence-corrected chi connectivity index (χ3v) is 6.56. The number of halogens is 1. The molecule has 0 bridgehead atoms. The van der Waals surface area contributed by atoms with Crippen molar-refractivity contribution in [2.75, 3.05) is 0 Å². The summed E-state index contributed by atoms with van der Waals surface area (Å²) in [6.45, 7) is 0.384. The lowest BCUT2D eigenvalue weighted by Crippen LogP contribution is -2.42. The second-order valence-electron chi connectivity index (χ2n) is 7.90. The minimum absolute atomic E-state index is 0.0565. The van der Waals surface area contributed by atoms with Crippen LogP contribution in [0.1, 0.15) is 23.1 Å². The molecule has 3 aromatic carbocycles. The van der Waals surface area contributed by atoms with E-state index in [1.165, 1.54) is 22.7 Å². The monoisotopic (exact) mass is 472 g/mol. The smallest absolute Gasteiger partial charge is 0.259 e. The molecule has 0 unspecified atom stereocenters. The van der Waals surface area contributed by atoms with Gasteiger partial charge < -0.3 is 5.32 Å². The molecular formula is C26H21FN4O2S. The lowest BCUT2D eigenvalue weighted by molar-refractivity contribution is -0.128. The molecule has 34 heavy (non-hydrogen) atoms. The molecule has 0 aromatic heterocycles. The van der Waals surface area contributed by atoms with E-state index in [0.717, 1.165) is 11.1 Å². The summed E-state index contributed by atoms with van der Waals surface area (Å²) in [5, 5.41) is 3.28. The molecule has 1 atom stereocenters. The molecular weight excluding hydrogens is 451 g/mol. The van der Waals surface area contributed by atoms with Gasteiger partial charge in [0, 0.05) is 17.9 Å². The summed E-state index contributed by atoms with van der Waals surface area (Å²) in [5.41, 5.74) is 2.93. The zero-order valence-corrected chi connectivity index (χ0v) is 19.0. The Balaban J connectivity index is 1.34. The fourth-order valence-corrected chi connectivity index (χ4v) is 4.82. The minimum Gasteiger partial charge on any atom is -0.352 e. The predicted octanol–water partition coefficient (Wildman–Crippen LogP) is 4.42. The van der Waals surface area contributed by atoms with Gasteiger partial charge in [-0.2, -0.15) is 0 Å². The van der Waals surface area contributed by atoms with Crippen molar-refractivity contribution in [1.29, 1.82) is 0 Å². The number of fused-ring (bicyclic) bond motifs is 3. The number of carbonyl (C=O) groups is 2. The molecule has 0 saturated carbocycles. The molecule has 0 saturated heterocycles. The van der Waals surface area contributed by atoms with Crippen LogP contribution in [0.25, 0.3) is 0 Å². The molecule has 170 valence electrons. The Bertz CT molecular complexity index is 1310. The second kappa shape index (κ2) is 9.61. The SMILES string of the molecule is O=C(C[C@@H]1N=C2c3ccccc3N=C(SCc3ccccc3F)N2C1=O)NCc1ccccc1. The lowest BCUT2D eigenvalue weighted by atomic mass is 10.1. The van der Waals surface area contributed by atoms with E-state index in [1.807, 2.05) is 54.6 Å². The summed E-state index contributed by atoms with van der Waals surface area (Å²) in [5.74, 6) is -0.0716. The molecule has 0 spiro atoms. The minimum atomic E-state index is -0.837. The molecule has 0 fully saturated rings. The van der Waals surface area contributed by atoms with Gasteiger partial charge in [0.25, 0.3) is 5.91 Å². The number of amides is 2. The number of rotatable bonds is 6. The largest absolute Gasteiger partial charge is 0.352 e. The summed E-state index contributed by atoms with van der Waals surface area (Å²) in [6, 6.07) is 22.7.